The molecule has 1 heterocycles. The molecule has 4 heteroatoms. The summed E-state index contributed by atoms with van der Waals surface area (Å²) in [6.07, 6.45) is 7.05. The van der Waals surface area contributed by atoms with Gasteiger partial charge in [-0.3, -0.25) is 9.69 Å². The number of amides is 1. The summed E-state index contributed by atoms with van der Waals surface area (Å²) < 4.78 is 0. The summed E-state index contributed by atoms with van der Waals surface area (Å²) in [5, 5.41) is 0. The molecule has 1 aliphatic carbocycles. The largest absolute Gasteiger partial charge is 0.339 e. The predicted molar refractivity (Wildman–Crippen MR) is 73.2 cm³/mol. The first-order valence-corrected chi connectivity index (χ1v) is 7.43. The van der Waals surface area contributed by atoms with Crippen molar-refractivity contribution in [2.24, 2.45) is 11.7 Å². The Balaban J connectivity index is 1.71. The molecule has 1 atom stereocenters. The molecule has 2 aliphatic rings. The first kappa shape index (κ1) is 13.8. The summed E-state index contributed by atoms with van der Waals surface area (Å²) in [4.78, 5) is 16.2. The maximum absolute atomic E-state index is 11.8. The van der Waals surface area contributed by atoms with Gasteiger partial charge in [-0.1, -0.05) is 19.3 Å². The van der Waals surface area contributed by atoms with Crippen LogP contribution in [0.5, 0.6) is 0 Å². The van der Waals surface area contributed by atoms with Crippen LogP contribution in [0.15, 0.2) is 0 Å². The van der Waals surface area contributed by atoms with Crippen molar-refractivity contribution in [2.75, 3.05) is 32.7 Å². The van der Waals surface area contributed by atoms with Gasteiger partial charge in [-0.25, -0.2) is 0 Å². The molecule has 104 valence electrons. The smallest absolute Gasteiger partial charge is 0.239 e. The summed E-state index contributed by atoms with van der Waals surface area (Å²) in [7, 11) is 0. The Labute approximate surface area is 110 Å². The van der Waals surface area contributed by atoms with Crippen LogP contribution < -0.4 is 5.73 Å². The van der Waals surface area contributed by atoms with Crippen molar-refractivity contribution in [3.8, 4) is 0 Å². The fourth-order valence-electron chi connectivity index (χ4n) is 3.17. The highest BCUT2D eigenvalue weighted by Crippen LogP contribution is 2.24. The van der Waals surface area contributed by atoms with E-state index in [0.717, 1.165) is 32.1 Å². The van der Waals surface area contributed by atoms with Crippen molar-refractivity contribution in [2.45, 2.75) is 45.1 Å². The summed E-state index contributed by atoms with van der Waals surface area (Å²) in [6, 6.07) is -0.352. The lowest BCUT2D eigenvalue weighted by molar-refractivity contribution is -0.134. The summed E-state index contributed by atoms with van der Waals surface area (Å²) in [6.45, 7) is 6.76. The van der Waals surface area contributed by atoms with Crippen LogP contribution in [0.2, 0.25) is 0 Å². The molecule has 0 aromatic heterocycles. The normalized spacial score (nSPS) is 25.1. The predicted octanol–water partition coefficient (Wildman–Crippen LogP) is 1.06. The van der Waals surface area contributed by atoms with Crippen molar-refractivity contribution in [3.05, 3.63) is 0 Å². The molecule has 2 fully saturated rings. The molecule has 1 unspecified atom stereocenters. The average molecular weight is 253 g/mol. The third-order valence-electron chi connectivity index (χ3n) is 4.31. The van der Waals surface area contributed by atoms with E-state index in [4.69, 9.17) is 5.73 Å². The molecule has 1 aliphatic heterocycles. The summed E-state index contributed by atoms with van der Waals surface area (Å²) >= 11 is 0. The van der Waals surface area contributed by atoms with Crippen molar-refractivity contribution in [1.29, 1.82) is 0 Å². The van der Waals surface area contributed by atoms with Gasteiger partial charge in [-0.2, -0.15) is 0 Å². The molecule has 0 bridgehead atoms. The molecule has 0 aromatic carbocycles. The molecular weight excluding hydrogens is 226 g/mol. The van der Waals surface area contributed by atoms with E-state index in [1.54, 1.807) is 6.92 Å². The second kappa shape index (κ2) is 6.53. The van der Waals surface area contributed by atoms with Gasteiger partial charge in [-0.15, -0.1) is 0 Å². The summed E-state index contributed by atoms with van der Waals surface area (Å²) in [5.74, 6) is 1.00. The Bertz CT molecular complexity index is 266. The number of carbonyl (C=O) groups excluding carboxylic acids is 1. The van der Waals surface area contributed by atoms with E-state index in [0.29, 0.717) is 0 Å². The van der Waals surface area contributed by atoms with E-state index in [1.807, 2.05) is 4.90 Å². The Hall–Kier alpha value is -0.610. The van der Waals surface area contributed by atoms with Crippen molar-refractivity contribution in [1.82, 2.24) is 9.80 Å². The molecule has 18 heavy (non-hydrogen) atoms. The van der Waals surface area contributed by atoms with Gasteiger partial charge < -0.3 is 10.6 Å². The van der Waals surface area contributed by atoms with Gasteiger partial charge in [0.25, 0.3) is 0 Å². The van der Waals surface area contributed by atoms with Crippen molar-refractivity contribution < 1.29 is 4.79 Å². The molecule has 1 saturated carbocycles. The fourth-order valence-corrected chi connectivity index (χ4v) is 3.17. The quantitative estimate of drug-likeness (QED) is 0.818. The van der Waals surface area contributed by atoms with Gasteiger partial charge in [0.1, 0.15) is 0 Å². The van der Waals surface area contributed by atoms with Crippen LogP contribution in [-0.4, -0.2) is 54.5 Å². The van der Waals surface area contributed by atoms with Gasteiger partial charge in [-0.05, 0) is 25.7 Å². The van der Waals surface area contributed by atoms with Crippen LogP contribution in [0.25, 0.3) is 0 Å². The lowest BCUT2D eigenvalue weighted by Crippen LogP contribution is -2.53. The zero-order valence-electron chi connectivity index (χ0n) is 11.6. The second-order valence-electron chi connectivity index (χ2n) is 5.92. The Kier molecular flexibility index (Phi) is 5.01. The topological polar surface area (TPSA) is 49.6 Å². The zero-order chi connectivity index (χ0) is 13.0. The van der Waals surface area contributed by atoms with Crippen LogP contribution in [0.3, 0.4) is 0 Å². The van der Waals surface area contributed by atoms with E-state index in [1.165, 1.54) is 38.6 Å². The number of hydrogen-bond acceptors (Lipinski definition) is 3. The number of rotatable bonds is 3. The van der Waals surface area contributed by atoms with Gasteiger partial charge in [0.05, 0.1) is 6.04 Å². The first-order valence-electron chi connectivity index (χ1n) is 7.43. The number of nitrogens with zero attached hydrogens (tertiary/aromatic N) is 2. The molecule has 2 rings (SSSR count). The van der Waals surface area contributed by atoms with Gasteiger partial charge in [0, 0.05) is 32.7 Å². The van der Waals surface area contributed by atoms with Gasteiger partial charge >= 0.3 is 0 Å². The monoisotopic (exact) mass is 253 g/mol. The number of hydrogen-bond donors (Lipinski definition) is 1. The third-order valence-corrected chi connectivity index (χ3v) is 4.31. The second-order valence-corrected chi connectivity index (χ2v) is 5.92. The molecule has 1 amide bonds. The Morgan fingerprint density at radius 3 is 2.33 bits per heavy atom. The van der Waals surface area contributed by atoms with Gasteiger partial charge in [0.2, 0.25) is 5.91 Å². The van der Waals surface area contributed by atoms with Crippen LogP contribution in [0.4, 0.5) is 0 Å². The molecule has 1 saturated heterocycles. The zero-order valence-corrected chi connectivity index (χ0v) is 11.6. The number of carbonyl (C=O) groups is 1. The standard InChI is InChI=1S/C14H27N3O/c1-12(15)14(18)17-9-7-16(8-10-17)11-13-5-3-2-4-6-13/h12-13H,2-11,15H2,1H3. The molecular formula is C14H27N3O. The van der Waals surface area contributed by atoms with E-state index in [-0.39, 0.29) is 11.9 Å². The molecule has 0 spiro atoms. The fraction of sp³-hybridized carbons (Fsp3) is 0.929. The minimum Gasteiger partial charge on any atom is -0.339 e. The van der Waals surface area contributed by atoms with Crippen molar-refractivity contribution in [3.63, 3.8) is 0 Å². The number of piperazine rings is 1. The maximum atomic E-state index is 11.8. The highest BCUT2D eigenvalue weighted by Gasteiger charge is 2.24. The lowest BCUT2D eigenvalue weighted by atomic mass is 9.89. The highest BCUT2D eigenvalue weighted by atomic mass is 16.2. The molecule has 2 N–H and O–H groups in total. The summed E-state index contributed by atoms with van der Waals surface area (Å²) in [5.41, 5.74) is 5.65. The van der Waals surface area contributed by atoms with Crippen LogP contribution >= 0.6 is 0 Å². The Morgan fingerprint density at radius 1 is 1.17 bits per heavy atom. The van der Waals surface area contributed by atoms with Crippen LogP contribution in [0.1, 0.15) is 39.0 Å². The third kappa shape index (κ3) is 3.69. The van der Waals surface area contributed by atoms with E-state index in [2.05, 4.69) is 4.90 Å². The van der Waals surface area contributed by atoms with E-state index in [9.17, 15) is 4.79 Å². The number of nitrogens with two attached hydrogens (primary N) is 1. The maximum Gasteiger partial charge on any atom is 0.239 e. The SMILES string of the molecule is CC(N)C(=O)N1CCN(CC2CCCCC2)CC1. The minimum atomic E-state index is -0.352. The average Bonchev–Trinajstić information content (AvgIpc) is 2.40. The van der Waals surface area contributed by atoms with Gasteiger partial charge in [0.15, 0.2) is 0 Å². The molecule has 0 radical (unpaired) electrons. The Morgan fingerprint density at radius 2 is 1.78 bits per heavy atom. The molecule has 4 nitrogen and oxygen atoms in total. The van der Waals surface area contributed by atoms with E-state index >= 15 is 0 Å². The van der Waals surface area contributed by atoms with Crippen LogP contribution in [0, 0.1) is 5.92 Å². The lowest BCUT2D eigenvalue weighted by Gasteiger charge is -2.37. The molecule has 0 aromatic rings. The highest BCUT2D eigenvalue weighted by molar-refractivity contribution is 5.81. The first-order chi connectivity index (χ1) is 8.66. The minimum absolute atomic E-state index is 0.104. The van der Waals surface area contributed by atoms with Crippen LogP contribution in [-0.2, 0) is 4.79 Å². The van der Waals surface area contributed by atoms with Crippen molar-refractivity contribution >= 4 is 5.91 Å². The van der Waals surface area contributed by atoms with E-state index < -0.39 is 0 Å².